The predicted octanol–water partition coefficient (Wildman–Crippen LogP) is 1.91. The quantitative estimate of drug-likeness (QED) is 0.587. The highest BCUT2D eigenvalue weighted by Crippen LogP contribution is 2.10. The smallest absolute Gasteiger partial charge is 0.278 e. The second-order valence-corrected chi connectivity index (χ2v) is 3.96. The average molecular weight is 141 g/mol. The zero-order chi connectivity index (χ0) is 6.69. The molecule has 9 heavy (non-hydrogen) atoms. The highest BCUT2D eigenvalue weighted by Gasteiger charge is 2.00. The summed E-state index contributed by atoms with van der Waals surface area (Å²) < 4.78 is 10.2. The zero-order valence-corrected chi connectivity index (χ0v) is 6.55. The van der Waals surface area contributed by atoms with Crippen LogP contribution in [-0.4, -0.2) is 9.04 Å². The van der Waals surface area contributed by atoms with Crippen LogP contribution in [0.5, 0.6) is 5.95 Å². The fourth-order valence-electron chi connectivity index (χ4n) is 0.523. The second-order valence-electron chi connectivity index (χ2n) is 1.94. The van der Waals surface area contributed by atoms with Crippen molar-refractivity contribution < 1.29 is 8.84 Å². The van der Waals surface area contributed by atoms with E-state index in [4.69, 9.17) is 8.84 Å². The Kier molecular flexibility index (Phi) is 1.95. The molecule has 0 aromatic carbocycles. The average Bonchev–Trinajstić information content (AvgIpc) is 2.15. The van der Waals surface area contributed by atoms with Gasteiger partial charge in [-0.05, 0) is 19.2 Å². The lowest BCUT2D eigenvalue weighted by molar-refractivity contribution is 0.396. The monoisotopic (exact) mass is 141 g/mol. The molecule has 0 unspecified atom stereocenters. The molecule has 1 radical (unpaired) electrons. The van der Waals surface area contributed by atoms with Gasteiger partial charge in [-0.3, -0.25) is 0 Å². The van der Waals surface area contributed by atoms with Gasteiger partial charge in [0.2, 0.25) is 0 Å². The molecule has 0 spiro atoms. The largest absolute Gasteiger partial charge is 0.518 e. The van der Waals surface area contributed by atoms with Crippen molar-refractivity contribution in [1.29, 1.82) is 0 Å². The molecule has 0 aliphatic carbocycles. The van der Waals surface area contributed by atoms with Crippen molar-refractivity contribution in [2.45, 2.75) is 13.1 Å². The second kappa shape index (κ2) is 2.73. The van der Waals surface area contributed by atoms with Gasteiger partial charge >= 0.3 is 0 Å². The maximum absolute atomic E-state index is 5.29. The van der Waals surface area contributed by atoms with Crippen LogP contribution in [0.25, 0.3) is 0 Å². The highest BCUT2D eigenvalue weighted by atomic mass is 28.3. The molecule has 0 aliphatic rings. The van der Waals surface area contributed by atoms with Crippen molar-refractivity contribution in [1.82, 2.24) is 0 Å². The van der Waals surface area contributed by atoms with E-state index >= 15 is 0 Å². The minimum atomic E-state index is -0.651. The summed E-state index contributed by atoms with van der Waals surface area (Å²) in [5, 5.41) is 0. The Morgan fingerprint density at radius 3 is 2.78 bits per heavy atom. The van der Waals surface area contributed by atoms with Crippen LogP contribution in [0.1, 0.15) is 0 Å². The van der Waals surface area contributed by atoms with E-state index in [1.54, 1.807) is 6.26 Å². The van der Waals surface area contributed by atoms with Gasteiger partial charge in [-0.2, -0.15) is 0 Å². The normalized spacial score (nSPS) is 10.1. The Balaban J connectivity index is 2.48. The first-order chi connectivity index (χ1) is 4.29. The van der Waals surface area contributed by atoms with Crippen molar-refractivity contribution in [3.8, 4) is 5.95 Å². The maximum atomic E-state index is 5.29. The molecular formula is C6H9O2Si. The summed E-state index contributed by atoms with van der Waals surface area (Å²) in [5.41, 5.74) is 0. The fourth-order valence-corrected chi connectivity index (χ4v) is 1.04. The molecule has 0 atom stereocenters. The van der Waals surface area contributed by atoms with Crippen LogP contribution in [0.15, 0.2) is 22.8 Å². The van der Waals surface area contributed by atoms with Gasteiger partial charge in [-0.1, -0.05) is 0 Å². The van der Waals surface area contributed by atoms with Crippen LogP contribution in [0.2, 0.25) is 13.1 Å². The van der Waals surface area contributed by atoms with Crippen molar-refractivity contribution in [2.75, 3.05) is 0 Å². The molecule has 0 bridgehead atoms. The molecule has 0 N–H and O–H groups in total. The van der Waals surface area contributed by atoms with Crippen molar-refractivity contribution in [2.24, 2.45) is 0 Å². The minimum Gasteiger partial charge on any atom is -0.518 e. The van der Waals surface area contributed by atoms with Crippen molar-refractivity contribution in [3.05, 3.63) is 18.4 Å². The molecule has 1 heterocycles. The Morgan fingerprint density at radius 2 is 2.33 bits per heavy atom. The van der Waals surface area contributed by atoms with Crippen LogP contribution in [-0.2, 0) is 0 Å². The summed E-state index contributed by atoms with van der Waals surface area (Å²) in [6.45, 7) is 4.13. The summed E-state index contributed by atoms with van der Waals surface area (Å²) in [5.74, 6) is 0.633. The Labute approximate surface area is 56.2 Å². The molecule has 3 heteroatoms. The molecule has 0 aliphatic heterocycles. The molecule has 1 rings (SSSR count). The van der Waals surface area contributed by atoms with Gasteiger partial charge in [0, 0.05) is 6.07 Å². The first-order valence-electron chi connectivity index (χ1n) is 2.80. The minimum absolute atomic E-state index is 0.633. The molecule has 1 aromatic rings. The van der Waals surface area contributed by atoms with Crippen LogP contribution < -0.4 is 4.43 Å². The van der Waals surface area contributed by atoms with Gasteiger partial charge in [0.25, 0.3) is 15.0 Å². The highest BCUT2D eigenvalue weighted by molar-refractivity contribution is 6.49. The van der Waals surface area contributed by atoms with Gasteiger partial charge in [-0.25, -0.2) is 0 Å². The number of hydrogen-bond acceptors (Lipinski definition) is 2. The lowest BCUT2D eigenvalue weighted by Gasteiger charge is -2.01. The standard InChI is InChI=1S/C6H9O2Si/c1-9(2)8-6-4-3-5-7-6/h3-5H,1-2H3. The van der Waals surface area contributed by atoms with Crippen LogP contribution in [0, 0.1) is 0 Å². The summed E-state index contributed by atoms with van der Waals surface area (Å²) in [6.07, 6.45) is 1.61. The van der Waals surface area contributed by atoms with E-state index < -0.39 is 9.04 Å². The van der Waals surface area contributed by atoms with E-state index in [1.165, 1.54) is 0 Å². The van der Waals surface area contributed by atoms with Gasteiger partial charge in [0.1, 0.15) is 0 Å². The number of hydrogen-bond donors (Lipinski definition) is 0. The van der Waals surface area contributed by atoms with E-state index in [-0.39, 0.29) is 0 Å². The Hall–Kier alpha value is -0.703. The van der Waals surface area contributed by atoms with Gasteiger partial charge in [-0.15, -0.1) is 0 Å². The Morgan fingerprint density at radius 1 is 1.56 bits per heavy atom. The summed E-state index contributed by atoms with van der Waals surface area (Å²) in [6, 6.07) is 3.64. The van der Waals surface area contributed by atoms with Crippen molar-refractivity contribution >= 4 is 9.04 Å². The van der Waals surface area contributed by atoms with E-state index in [1.807, 2.05) is 12.1 Å². The van der Waals surface area contributed by atoms with E-state index in [9.17, 15) is 0 Å². The fraction of sp³-hybridized carbons (Fsp3) is 0.333. The lowest BCUT2D eigenvalue weighted by Crippen LogP contribution is -2.10. The summed E-state index contributed by atoms with van der Waals surface area (Å²) in [7, 11) is -0.651. The SMILES string of the molecule is C[Si](C)Oc1ccco1. The molecule has 0 saturated heterocycles. The molecular weight excluding hydrogens is 132 g/mol. The van der Waals surface area contributed by atoms with Gasteiger partial charge in [0.05, 0.1) is 6.26 Å². The van der Waals surface area contributed by atoms with Crippen LogP contribution in [0.3, 0.4) is 0 Å². The van der Waals surface area contributed by atoms with Crippen LogP contribution >= 0.6 is 0 Å². The summed E-state index contributed by atoms with van der Waals surface area (Å²) >= 11 is 0. The third-order valence-electron chi connectivity index (χ3n) is 0.800. The number of rotatable bonds is 2. The first-order valence-corrected chi connectivity index (χ1v) is 5.21. The third-order valence-corrected chi connectivity index (χ3v) is 1.41. The van der Waals surface area contributed by atoms with E-state index in [0.29, 0.717) is 5.95 Å². The maximum Gasteiger partial charge on any atom is 0.278 e. The molecule has 0 saturated carbocycles. The number of furan rings is 1. The lowest BCUT2D eigenvalue weighted by atomic mass is 10.7. The Bertz CT molecular complexity index is 158. The van der Waals surface area contributed by atoms with E-state index in [0.717, 1.165) is 0 Å². The third kappa shape index (κ3) is 1.93. The molecule has 1 aromatic heterocycles. The van der Waals surface area contributed by atoms with Crippen LogP contribution in [0.4, 0.5) is 0 Å². The summed E-state index contributed by atoms with van der Waals surface area (Å²) in [4.78, 5) is 0. The van der Waals surface area contributed by atoms with Gasteiger partial charge in [0.15, 0.2) is 0 Å². The first kappa shape index (κ1) is 6.42. The van der Waals surface area contributed by atoms with Crippen molar-refractivity contribution in [3.63, 3.8) is 0 Å². The molecule has 49 valence electrons. The van der Waals surface area contributed by atoms with E-state index in [2.05, 4.69) is 13.1 Å². The zero-order valence-electron chi connectivity index (χ0n) is 5.55. The van der Waals surface area contributed by atoms with Gasteiger partial charge < -0.3 is 8.84 Å². The molecule has 0 amide bonds. The molecule has 0 fully saturated rings. The molecule has 2 nitrogen and oxygen atoms in total. The topological polar surface area (TPSA) is 22.4 Å². The predicted molar refractivity (Wildman–Crippen MR) is 36.8 cm³/mol.